The van der Waals surface area contributed by atoms with E-state index in [0.29, 0.717) is 0 Å². The number of rotatable bonds is 4. The minimum absolute atomic E-state index is 0.519. The fourth-order valence-electron chi connectivity index (χ4n) is 7.17. The summed E-state index contributed by atoms with van der Waals surface area (Å²) in [5, 5.41) is 2.28. The van der Waals surface area contributed by atoms with Crippen molar-refractivity contribution in [3.8, 4) is 33.8 Å². The zero-order chi connectivity index (χ0) is 29.8. The van der Waals surface area contributed by atoms with Gasteiger partial charge in [0.2, 0.25) is 0 Å². The summed E-state index contributed by atoms with van der Waals surface area (Å²) in [7, 11) is 0. The molecule has 0 amide bonds. The van der Waals surface area contributed by atoms with Crippen molar-refractivity contribution in [3.05, 3.63) is 192 Å². The maximum atomic E-state index is 6.72. The summed E-state index contributed by atoms with van der Waals surface area (Å²) in [6.45, 7) is 0. The molecule has 2 heterocycles. The number of hydrogen-bond donors (Lipinski definition) is 0. The summed E-state index contributed by atoms with van der Waals surface area (Å²) in [6, 6.07) is 60.1. The lowest BCUT2D eigenvalue weighted by atomic mass is 9.63. The van der Waals surface area contributed by atoms with Crippen LogP contribution in [-0.2, 0) is 5.41 Å². The summed E-state index contributed by atoms with van der Waals surface area (Å²) in [4.78, 5) is 0. The summed E-state index contributed by atoms with van der Waals surface area (Å²) in [5.74, 6) is 1.75. The van der Waals surface area contributed by atoms with Gasteiger partial charge in [-0.3, -0.25) is 0 Å². The van der Waals surface area contributed by atoms with Gasteiger partial charge in [0.1, 0.15) is 22.7 Å². The molecule has 0 atom stereocenters. The van der Waals surface area contributed by atoms with Gasteiger partial charge >= 0.3 is 0 Å². The lowest BCUT2D eigenvalue weighted by molar-refractivity contribution is 0.435. The van der Waals surface area contributed by atoms with E-state index in [4.69, 9.17) is 9.15 Å². The molecule has 0 radical (unpaired) electrons. The Morgan fingerprint density at radius 1 is 0.356 bits per heavy atom. The van der Waals surface area contributed by atoms with Crippen LogP contribution in [0.15, 0.2) is 174 Å². The van der Waals surface area contributed by atoms with E-state index < -0.39 is 5.41 Å². The predicted molar refractivity (Wildman–Crippen MR) is 183 cm³/mol. The van der Waals surface area contributed by atoms with E-state index in [1.807, 2.05) is 12.1 Å². The number of furan rings is 1. The summed E-state index contributed by atoms with van der Waals surface area (Å²) in [5.41, 5.74) is 10.5. The fraction of sp³-hybridized carbons (Fsp3) is 0.0233. The van der Waals surface area contributed by atoms with E-state index in [1.54, 1.807) is 0 Å². The first-order chi connectivity index (χ1) is 22.3. The highest BCUT2D eigenvalue weighted by Crippen LogP contribution is 2.55. The molecule has 7 aromatic carbocycles. The van der Waals surface area contributed by atoms with Gasteiger partial charge in [0.25, 0.3) is 0 Å². The van der Waals surface area contributed by atoms with Crippen molar-refractivity contribution in [1.29, 1.82) is 0 Å². The van der Waals surface area contributed by atoms with Crippen molar-refractivity contribution < 1.29 is 9.15 Å². The van der Waals surface area contributed by atoms with Gasteiger partial charge in [-0.05, 0) is 69.8 Å². The number of benzene rings is 7. The summed E-state index contributed by atoms with van der Waals surface area (Å²) in [6.07, 6.45) is 0. The van der Waals surface area contributed by atoms with E-state index in [0.717, 1.165) is 66.8 Å². The third-order valence-corrected chi connectivity index (χ3v) is 9.22. The largest absolute Gasteiger partial charge is 0.457 e. The maximum Gasteiger partial charge on any atom is 0.136 e. The maximum absolute atomic E-state index is 6.72. The Hall–Kier alpha value is -5.86. The average molecular weight is 577 g/mol. The Bertz CT molecular complexity index is 2310. The number of hydrogen-bond acceptors (Lipinski definition) is 2. The molecule has 2 heteroatoms. The van der Waals surface area contributed by atoms with Crippen LogP contribution >= 0.6 is 0 Å². The van der Waals surface area contributed by atoms with Gasteiger partial charge < -0.3 is 9.15 Å². The van der Waals surface area contributed by atoms with Gasteiger partial charge in [0, 0.05) is 21.9 Å². The molecule has 0 saturated heterocycles. The Kier molecular flexibility index (Phi) is 5.76. The van der Waals surface area contributed by atoms with Crippen molar-refractivity contribution in [2.24, 2.45) is 0 Å². The first-order valence-electron chi connectivity index (χ1n) is 15.3. The first kappa shape index (κ1) is 25.6. The second-order valence-electron chi connectivity index (χ2n) is 11.7. The Morgan fingerprint density at radius 2 is 0.933 bits per heavy atom. The standard InChI is InChI=1S/C43H28O2/c1-3-14-33(15-4-1)43(34-16-5-2-6-17-34)37-19-8-10-21-40(37)45-42-28-32(23-25-38(42)43)30-13-11-12-29(26-30)31-22-24-36-35-18-7-9-20-39(35)44-41(36)27-31/h1-28H. The van der Waals surface area contributed by atoms with E-state index in [1.165, 1.54) is 11.1 Å². The highest BCUT2D eigenvalue weighted by molar-refractivity contribution is 6.05. The van der Waals surface area contributed by atoms with Gasteiger partial charge in [-0.2, -0.15) is 0 Å². The van der Waals surface area contributed by atoms with E-state index in [2.05, 4.69) is 158 Å². The van der Waals surface area contributed by atoms with Crippen LogP contribution < -0.4 is 4.74 Å². The second kappa shape index (κ2) is 10.1. The third kappa shape index (κ3) is 3.96. The molecular formula is C43H28O2. The molecular weight excluding hydrogens is 548 g/mol. The highest BCUT2D eigenvalue weighted by Gasteiger charge is 2.45. The third-order valence-electron chi connectivity index (χ3n) is 9.22. The molecule has 0 aliphatic carbocycles. The van der Waals surface area contributed by atoms with Crippen molar-refractivity contribution in [2.75, 3.05) is 0 Å². The molecule has 0 unspecified atom stereocenters. The highest BCUT2D eigenvalue weighted by atomic mass is 16.5. The molecule has 45 heavy (non-hydrogen) atoms. The van der Waals surface area contributed by atoms with Crippen LogP contribution in [0.4, 0.5) is 0 Å². The van der Waals surface area contributed by atoms with Crippen LogP contribution in [0.2, 0.25) is 0 Å². The normalized spacial score (nSPS) is 13.2. The van der Waals surface area contributed by atoms with Crippen molar-refractivity contribution in [2.45, 2.75) is 5.41 Å². The van der Waals surface area contributed by atoms with Crippen molar-refractivity contribution in [3.63, 3.8) is 0 Å². The number of ether oxygens (including phenoxy) is 1. The van der Waals surface area contributed by atoms with Gasteiger partial charge in [-0.25, -0.2) is 0 Å². The molecule has 2 nitrogen and oxygen atoms in total. The van der Waals surface area contributed by atoms with Crippen LogP contribution in [0.25, 0.3) is 44.2 Å². The fourth-order valence-corrected chi connectivity index (χ4v) is 7.17. The summed E-state index contributed by atoms with van der Waals surface area (Å²) >= 11 is 0. The van der Waals surface area contributed by atoms with Crippen LogP contribution in [-0.4, -0.2) is 0 Å². The molecule has 0 spiro atoms. The molecule has 0 fully saturated rings. The lowest BCUT2D eigenvalue weighted by Gasteiger charge is -2.41. The van der Waals surface area contributed by atoms with Crippen LogP contribution in [0.1, 0.15) is 22.3 Å². The molecule has 8 aromatic rings. The van der Waals surface area contributed by atoms with Crippen molar-refractivity contribution in [1.82, 2.24) is 0 Å². The van der Waals surface area contributed by atoms with Crippen LogP contribution in [0, 0.1) is 0 Å². The SMILES string of the molecule is c1ccc(C2(c3ccccc3)c3ccccc3Oc3cc(-c4cccc(-c5ccc6c(c5)oc5ccccc56)c4)ccc32)cc1. The van der Waals surface area contributed by atoms with E-state index >= 15 is 0 Å². The smallest absolute Gasteiger partial charge is 0.136 e. The Morgan fingerprint density at radius 3 is 1.71 bits per heavy atom. The molecule has 1 aromatic heterocycles. The quantitative estimate of drug-likeness (QED) is 0.208. The van der Waals surface area contributed by atoms with Gasteiger partial charge in [0.15, 0.2) is 0 Å². The van der Waals surface area contributed by atoms with Gasteiger partial charge in [0.05, 0.1) is 5.41 Å². The summed E-state index contributed by atoms with van der Waals surface area (Å²) < 4.78 is 12.9. The molecule has 212 valence electrons. The average Bonchev–Trinajstić information content (AvgIpc) is 3.49. The minimum Gasteiger partial charge on any atom is -0.457 e. The monoisotopic (exact) mass is 576 g/mol. The molecule has 0 N–H and O–H groups in total. The zero-order valence-electron chi connectivity index (χ0n) is 24.5. The van der Waals surface area contributed by atoms with Crippen LogP contribution in [0.5, 0.6) is 11.5 Å². The topological polar surface area (TPSA) is 22.4 Å². The second-order valence-corrected chi connectivity index (χ2v) is 11.7. The van der Waals surface area contributed by atoms with Gasteiger partial charge in [-0.15, -0.1) is 0 Å². The van der Waals surface area contributed by atoms with E-state index in [9.17, 15) is 0 Å². The van der Waals surface area contributed by atoms with Crippen LogP contribution in [0.3, 0.4) is 0 Å². The minimum atomic E-state index is -0.519. The van der Waals surface area contributed by atoms with Gasteiger partial charge in [-0.1, -0.05) is 133 Å². The first-order valence-corrected chi connectivity index (χ1v) is 15.3. The Balaban J connectivity index is 1.19. The molecule has 0 bridgehead atoms. The zero-order valence-corrected chi connectivity index (χ0v) is 24.5. The Labute approximate surface area is 261 Å². The number of fused-ring (bicyclic) bond motifs is 5. The molecule has 1 aliphatic heterocycles. The number of para-hydroxylation sites is 2. The lowest BCUT2D eigenvalue weighted by Crippen LogP contribution is -2.34. The molecule has 0 saturated carbocycles. The molecule has 1 aliphatic rings. The van der Waals surface area contributed by atoms with Crippen molar-refractivity contribution >= 4 is 21.9 Å². The van der Waals surface area contributed by atoms with E-state index in [-0.39, 0.29) is 0 Å². The predicted octanol–water partition coefficient (Wildman–Crippen LogP) is 11.4. The molecule has 9 rings (SSSR count).